The molecule has 0 fully saturated rings. The van der Waals surface area contributed by atoms with Crippen molar-refractivity contribution in [2.75, 3.05) is 20.2 Å². The van der Waals surface area contributed by atoms with Crippen LogP contribution in [0.5, 0.6) is 0 Å². The maximum atomic E-state index is 11.1. The summed E-state index contributed by atoms with van der Waals surface area (Å²) in [4.78, 5) is 12.8. The number of ether oxygens (including phenoxy) is 1. The fourth-order valence-electron chi connectivity index (χ4n) is 0.922. The van der Waals surface area contributed by atoms with Crippen molar-refractivity contribution in [1.82, 2.24) is 4.90 Å². The highest BCUT2D eigenvalue weighted by atomic mass is 16.5. The summed E-state index contributed by atoms with van der Waals surface area (Å²) >= 11 is 0. The molecule has 0 aliphatic rings. The fraction of sp³-hybridized carbons (Fsp3) is 0.889. The van der Waals surface area contributed by atoms with E-state index in [9.17, 15) is 4.79 Å². The van der Waals surface area contributed by atoms with Gasteiger partial charge in [0.25, 0.3) is 0 Å². The number of carbonyl (C=O) groups is 1. The van der Waals surface area contributed by atoms with Crippen LogP contribution in [0.25, 0.3) is 0 Å². The standard InChI is InChI=1S/C9H19NO2/c1-5-10(9(11)12-4)7-6-8(2)3/h8H,5-7H2,1-4H3. The van der Waals surface area contributed by atoms with Gasteiger partial charge in [-0.3, -0.25) is 0 Å². The zero-order valence-electron chi connectivity index (χ0n) is 8.46. The van der Waals surface area contributed by atoms with Crippen LogP contribution in [0.4, 0.5) is 4.79 Å². The Morgan fingerprint density at radius 3 is 2.42 bits per heavy atom. The lowest BCUT2D eigenvalue weighted by Gasteiger charge is -2.19. The molecule has 0 saturated carbocycles. The minimum atomic E-state index is -0.224. The molecule has 0 aromatic heterocycles. The van der Waals surface area contributed by atoms with Crippen molar-refractivity contribution >= 4 is 6.09 Å². The molecule has 0 aromatic carbocycles. The van der Waals surface area contributed by atoms with E-state index in [1.165, 1.54) is 7.11 Å². The third-order valence-corrected chi connectivity index (χ3v) is 1.79. The van der Waals surface area contributed by atoms with Crippen LogP contribution in [-0.4, -0.2) is 31.2 Å². The van der Waals surface area contributed by atoms with E-state index >= 15 is 0 Å². The molecule has 0 rings (SSSR count). The molecule has 0 N–H and O–H groups in total. The van der Waals surface area contributed by atoms with Gasteiger partial charge in [-0.25, -0.2) is 4.79 Å². The first-order valence-electron chi connectivity index (χ1n) is 4.44. The molecule has 0 aliphatic heterocycles. The number of amides is 1. The summed E-state index contributed by atoms with van der Waals surface area (Å²) in [5, 5.41) is 0. The molecule has 0 bridgehead atoms. The van der Waals surface area contributed by atoms with Gasteiger partial charge < -0.3 is 9.64 Å². The predicted octanol–water partition coefficient (Wildman–Crippen LogP) is 2.12. The Balaban J connectivity index is 3.75. The average molecular weight is 173 g/mol. The van der Waals surface area contributed by atoms with E-state index in [-0.39, 0.29) is 6.09 Å². The van der Waals surface area contributed by atoms with Gasteiger partial charge in [0.1, 0.15) is 0 Å². The normalized spacial score (nSPS) is 10.1. The maximum Gasteiger partial charge on any atom is 0.409 e. The maximum absolute atomic E-state index is 11.1. The van der Waals surface area contributed by atoms with Gasteiger partial charge in [0, 0.05) is 13.1 Å². The molecule has 0 radical (unpaired) electrons. The largest absolute Gasteiger partial charge is 0.453 e. The number of methoxy groups -OCH3 is 1. The van der Waals surface area contributed by atoms with Gasteiger partial charge in [0.2, 0.25) is 0 Å². The summed E-state index contributed by atoms with van der Waals surface area (Å²) in [5.74, 6) is 0.628. The molecule has 1 amide bonds. The molecule has 0 aliphatic carbocycles. The molecule has 0 aromatic rings. The Morgan fingerprint density at radius 1 is 1.50 bits per heavy atom. The fourth-order valence-corrected chi connectivity index (χ4v) is 0.922. The summed E-state index contributed by atoms with van der Waals surface area (Å²) in [6, 6.07) is 0. The molecule has 0 unspecified atom stereocenters. The average Bonchev–Trinajstić information content (AvgIpc) is 2.04. The minimum absolute atomic E-state index is 0.224. The van der Waals surface area contributed by atoms with Crippen molar-refractivity contribution in [2.24, 2.45) is 5.92 Å². The predicted molar refractivity (Wildman–Crippen MR) is 49.1 cm³/mol. The molecule has 3 heteroatoms. The van der Waals surface area contributed by atoms with Gasteiger partial charge >= 0.3 is 6.09 Å². The van der Waals surface area contributed by atoms with Crippen LogP contribution in [0.15, 0.2) is 0 Å². The van der Waals surface area contributed by atoms with Crippen LogP contribution in [-0.2, 0) is 4.74 Å². The molecule has 3 nitrogen and oxygen atoms in total. The van der Waals surface area contributed by atoms with Gasteiger partial charge in [-0.05, 0) is 19.3 Å². The van der Waals surface area contributed by atoms with E-state index in [4.69, 9.17) is 0 Å². The summed E-state index contributed by atoms with van der Waals surface area (Å²) in [6.45, 7) is 7.76. The van der Waals surface area contributed by atoms with Crippen molar-refractivity contribution < 1.29 is 9.53 Å². The molecule has 0 atom stereocenters. The lowest BCUT2D eigenvalue weighted by Crippen LogP contribution is -2.32. The summed E-state index contributed by atoms with van der Waals surface area (Å²) in [6.07, 6.45) is 0.807. The SMILES string of the molecule is CCN(CCC(C)C)C(=O)OC. The smallest absolute Gasteiger partial charge is 0.409 e. The van der Waals surface area contributed by atoms with Crippen molar-refractivity contribution in [3.63, 3.8) is 0 Å². The lowest BCUT2D eigenvalue weighted by molar-refractivity contribution is 0.124. The second-order valence-corrected chi connectivity index (χ2v) is 3.23. The zero-order chi connectivity index (χ0) is 9.56. The zero-order valence-corrected chi connectivity index (χ0v) is 8.46. The second-order valence-electron chi connectivity index (χ2n) is 3.23. The Bertz CT molecular complexity index is 134. The van der Waals surface area contributed by atoms with E-state index in [2.05, 4.69) is 18.6 Å². The van der Waals surface area contributed by atoms with Gasteiger partial charge in [0.05, 0.1) is 7.11 Å². The van der Waals surface area contributed by atoms with Crippen LogP contribution < -0.4 is 0 Å². The van der Waals surface area contributed by atoms with Crippen molar-refractivity contribution in [1.29, 1.82) is 0 Å². The molecule has 12 heavy (non-hydrogen) atoms. The second kappa shape index (κ2) is 5.86. The molecule has 0 spiro atoms. The van der Waals surface area contributed by atoms with Crippen LogP contribution in [0.3, 0.4) is 0 Å². The van der Waals surface area contributed by atoms with E-state index in [0.717, 1.165) is 19.5 Å². The highest BCUT2D eigenvalue weighted by Gasteiger charge is 2.10. The number of nitrogens with zero attached hydrogens (tertiary/aromatic N) is 1. The highest BCUT2D eigenvalue weighted by Crippen LogP contribution is 2.02. The molecule has 0 heterocycles. The molecule has 72 valence electrons. The molecule has 0 saturated heterocycles. The summed E-state index contributed by atoms with van der Waals surface area (Å²) in [7, 11) is 1.42. The number of hydrogen-bond acceptors (Lipinski definition) is 2. The van der Waals surface area contributed by atoms with E-state index in [1.807, 2.05) is 6.92 Å². The van der Waals surface area contributed by atoms with E-state index in [0.29, 0.717) is 5.92 Å². The third-order valence-electron chi connectivity index (χ3n) is 1.79. The third kappa shape index (κ3) is 4.21. The summed E-state index contributed by atoms with van der Waals surface area (Å²) < 4.78 is 4.62. The summed E-state index contributed by atoms with van der Waals surface area (Å²) in [5.41, 5.74) is 0. The minimum Gasteiger partial charge on any atom is -0.453 e. The first-order chi connectivity index (χ1) is 5.61. The van der Waals surface area contributed by atoms with Gasteiger partial charge in [-0.15, -0.1) is 0 Å². The Morgan fingerprint density at radius 2 is 2.08 bits per heavy atom. The lowest BCUT2D eigenvalue weighted by atomic mass is 10.1. The monoisotopic (exact) mass is 173 g/mol. The van der Waals surface area contributed by atoms with Gasteiger partial charge in [0.15, 0.2) is 0 Å². The number of rotatable bonds is 4. The van der Waals surface area contributed by atoms with E-state index in [1.54, 1.807) is 4.90 Å². The topological polar surface area (TPSA) is 29.5 Å². The van der Waals surface area contributed by atoms with Gasteiger partial charge in [-0.1, -0.05) is 13.8 Å². The molecular formula is C9H19NO2. The highest BCUT2D eigenvalue weighted by molar-refractivity contribution is 5.67. The Kier molecular flexibility index (Phi) is 5.51. The number of hydrogen-bond donors (Lipinski definition) is 0. The van der Waals surface area contributed by atoms with E-state index < -0.39 is 0 Å². The Labute approximate surface area is 74.7 Å². The van der Waals surface area contributed by atoms with Crippen molar-refractivity contribution in [3.05, 3.63) is 0 Å². The number of carbonyl (C=O) groups excluding carboxylic acids is 1. The quantitative estimate of drug-likeness (QED) is 0.651. The van der Waals surface area contributed by atoms with Crippen LogP contribution in [0, 0.1) is 5.92 Å². The van der Waals surface area contributed by atoms with Crippen LogP contribution in [0.2, 0.25) is 0 Å². The van der Waals surface area contributed by atoms with Crippen molar-refractivity contribution in [2.45, 2.75) is 27.2 Å². The van der Waals surface area contributed by atoms with Crippen molar-refractivity contribution in [3.8, 4) is 0 Å². The van der Waals surface area contributed by atoms with Crippen LogP contribution >= 0.6 is 0 Å². The van der Waals surface area contributed by atoms with Crippen LogP contribution in [0.1, 0.15) is 27.2 Å². The Hall–Kier alpha value is -0.730. The first-order valence-corrected chi connectivity index (χ1v) is 4.44. The molecular weight excluding hydrogens is 154 g/mol. The van der Waals surface area contributed by atoms with Gasteiger partial charge in [-0.2, -0.15) is 0 Å². The first kappa shape index (κ1) is 11.3.